The maximum Gasteiger partial charge on any atom is 0.261 e. The highest BCUT2D eigenvalue weighted by atomic mass is 35.5. The molecule has 0 radical (unpaired) electrons. The van der Waals surface area contributed by atoms with Gasteiger partial charge in [-0.1, -0.05) is 17.7 Å². The molecular weight excluding hydrogens is 377 g/mol. The van der Waals surface area contributed by atoms with E-state index in [-0.39, 0.29) is 4.90 Å². The second-order valence-electron chi connectivity index (χ2n) is 5.58. The first-order chi connectivity index (χ1) is 12.3. The molecule has 0 aliphatic carbocycles. The maximum absolute atomic E-state index is 12.9. The molecule has 8 heteroatoms. The smallest absolute Gasteiger partial charge is 0.261 e. The fourth-order valence-electron chi connectivity index (χ4n) is 2.22. The zero-order chi connectivity index (χ0) is 18.7. The first kappa shape index (κ1) is 18.2. The summed E-state index contributed by atoms with van der Waals surface area (Å²) in [4.78, 5) is 4.16. The summed E-state index contributed by atoms with van der Waals surface area (Å²) in [7, 11) is -3.81. The van der Waals surface area contributed by atoms with Gasteiger partial charge in [-0.2, -0.15) is 0 Å². The molecule has 2 aromatic carbocycles. The van der Waals surface area contributed by atoms with Gasteiger partial charge >= 0.3 is 0 Å². The molecule has 0 atom stereocenters. The van der Waals surface area contributed by atoms with E-state index in [2.05, 4.69) is 15.0 Å². The number of hydrogen-bond donors (Lipinski definition) is 2. The molecule has 1 heterocycles. The van der Waals surface area contributed by atoms with E-state index in [0.717, 1.165) is 23.4 Å². The Balaban J connectivity index is 1.75. The maximum atomic E-state index is 12.9. The summed E-state index contributed by atoms with van der Waals surface area (Å²) < 4.78 is 39.9. The molecule has 3 aromatic rings. The van der Waals surface area contributed by atoms with Crippen LogP contribution in [0.2, 0.25) is 5.02 Å². The first-order valence-electron chi connectivity index (χ1n) is 7.61. The predicted molar refractivity (Wildman–Crippen MR) is 101 cm³/mol. The Kier molecular flexibility index (Phi) is 5.11. The SMILES string of the molecule is Cc1ccc(Cl)cc1Nc1ccc(NS(=O)(=O)c2ccc(F)cc2)cn1. The molecule has 3 rings (SSSR count). The Morgan fingerprint density at radius 2 is 1.77 bits per heavy atom. The average molecular weight is 392 g/mol. The van der Waals surface area contributed by atoms with Crippen molar-refractivity contribution in [3.63, 3.8) is 0 Å². The van der Waals surface area contributed by atoms with Gasteiger partial charge in [0, 0.05) is 10.7 Å². The summed E-state index contributed by atoms with van der Waals surface area (Å²) in [5.74, 6) is 0.0393. The van der Waals surface area contributed by atoms with Crippen LogP contribution in [-0.4, -0.2) is 13.4 Å². The van der Waals surface area contributed by atoms with E-state index in [1.54, 1.807) is 24.3 Å². The van der Waals surface area contributed by atoms with Crippen LogP contribution in [-0.2, 0) is 10.0 Å². The largest absolute Gasteiger partial charge is 0.340 e. The standard InChI is InChI=1S/C18H15ClFN3O2S/c1-12-2-3-13(19)10-17(12)22-18-9-6-15(11-21-18)23-26(24,25)16-7-4-14(20)5-8-16/h2-11,23H,1H3,(H,21,22). The fraction of sp³-hybridized carbons (Fsp3) is 0.0556. The Morgan fingerprint density at radius 1 is 1.04 bits per heavy atom. The number of aromatic nitrogens is 1. The van der Waals surface area contributed by atoms with Crippen LogP contribution in [0.15, 0.2) is 65.7 Å². The van der Waals surface area contributed by atoms with E-state index in [1.807, 2.05) is 13.0 Å². The quantitative estimate of drug-likeness (QED) is 0.659. The topological polar surface area (TPSA) is 71.1 Å². The molecule has 0 aliphatic heterocycles. The monoisotopic (exact) mass is 391 g/mol. The Bertz CT molecular complexity index is 1020. The minimum atomic E-state index is -3.81. The van der Waals surface area contributed by atoms with Crippen molar-refractivity contribution in [2.75, 3.05) is 10.0 Å². The first-order valence-corrected chi connectivity index (χ1v) is 9.47. The lowest BCUT2D eigenvalue weighted by Gasteiger charge is -2.11. The lowest BCUT2D eigenvalue weighted by molar-refractivity contribution is 0.599. The molecular formula is C18H15ClFN3O2S. The van der Waals surface area contributed by atoms with Gasteiger partial charge in [0.15, 0.2) is 0 Å². The molecule has 0 amide bonds. The van der Waals surface area contributed by atoms with Crippen molar-refractivity contribution in [2.24, 2.45) is 0 Å². The zero-order valence-corrected chi connectivity index (χ0v) is 15.3. The zero-order valence-electron chi connectivity index (χ0n) is 13.7. The van der Waals surface area contributed by atoms with Gasteiger partial charge in [-0.05, 0) is 61.0 Å². The van der Waals surface area contributed by atoms with Crippen molar-refractivity contribution in [2.45, 2.75) is 11.8 Å². The number of halogens is 2. The van der Waals surface area contributed by atoms with E-state index in [1.165, 1.54) is 18.3 Å². The molecule has 2 N–H and O–H groups in total. The van der Waals surface area contributed by atoms with Crippen LogP contribution in [0.5, 0.6) is 0 Å². The van der Waals surface area contributed by atoms with Crippen LogP contribution in [0.3, 0.4) is 0 Å². The van der Waals surface area contributed by atoms with Crippen LogP contribution >= 0.6 is 11.6 Å². The van der Waals surface area contributed by atoms with Gasteiger partial charge < -0.3 is 5.32 Å². The molecule has 1 aromatic heterocycles. The number of rotatable bonds is 5. The van der Waals surface area contributed by atoms with E-state index in [4.69, 9.17) is 11.6 Å². The molecule has 5 nitrogen and oxygen atoms in total. The molecule has 0 spiro atoms. The van der Waals surface area contributed by atoms with Crippen LogP contribution in [0.1, 0.15) is 5.56 Å². The van der Waals surface area contributed by atoms with Crippen LogP contribution < -0.4 is 10.0 Å². The van der Waals surface area contributed by atoms with Crippen molar-refractivity contribution >= 4 is 38.8 Å². The number of hydrogen-bond acceptors (Lipinski definition) is 4. The Labute approximate surface area is 155 Å². The lowest BCUT2D eigenvalue weighted by atomic mass is 10.2. The van der Waals surface area contributed by atoms with Gasteiger partial charge in [0.1, 0.15) is 11.6 Å². The van der Waals surface area contributed by atoms with Crippen molar-refractivity contribution in [3.05, 3.63) is 77.2 Å². The van der Waals surface area contributed by atoms with Crippen molar-refractivity contribution in [3.8, 4) is 0 Å². The van der Waals surface area contributed by atoms with E-state index in [0.29, 0.717) is 16.5 Å². The molecule has 0 fully saturated rings. The predicted octanol–water partition coefficient (Wildman–Crippen LogP) is 4.73. The number of benzene rings is 2. The second-order valence-corrected chi connectivity index (χ2v) is 7.69. The second kappa shape index (κ2) is 7.31. The van der Waals surface area contributed by atoms with Crippen LogP contribution in [0.25, 0.3) is 0 Å². The number of aryl methyl sites for hydroxylation is 1. The lowest BCUT2D eigenvalue weighted by Crippen LogP contribution is -2.13. The van der Waals surface area contributed by atoms with E-state index < -0.39 is 15.8 Å². The number of nitrogens with zero attached hydrogens (tertiary/aromatic N) is 1. The van der Waals surface area contributed by atoms with Gasteiger partial charge in [-0.15, -0.1) is 0 Å². The molecule has 0 saturated heterocycles. The number of pyridine rings is 1. The van der Waals surface area contributed by atoms with Gasteiger partial charge in [0.25, 0.3) is 10.0 Å². The third kappa shape index (κ3) is 4.30. The molecule has 0 bridgehead atoms. The summed E-state index contributed by atoms with van der Waals surface area (Å²) in [5.41, 5.74) is 2.10. The highest BCUT2D eigenvalue weighted by molar-refractivity contribution is 7.92. The van der Waals surface area contributed by atoms with Crippen LogP contribution in [0.4, 0.5) is 21.6 Å². The Hall–Kier alpha value is -2.64. The minimum absolute atomic E-state index is 0.0318. The summed E-state index contributed by atoms with van der Waals surface area (Å²) in [6.45, 7) is 1.93. The van der Waals surface area contributed by atoms with Gasteiger partial charge in [0.2, 0.25) is 0 Å². The number of anilines is 3. The summed E-state index contributed by atoms with van der Waals surface area (Å²) in [6.07, 6.45) is 1.39. The van der Waals surface area contributed by atoms with E-state index in [9.17, 15) is 12.8 Å². The molecule has 0 aliphatic rings. The third-order valence-electron chi connectivity index (χ3n) is 3.60. The van der Waals surface area contributed by atoms with Crippen molar-refractivity contribution < 1.29 is 12.8 Å². The highest BCUT2D eigenvalue weighted by Crippen LogP contribution is 2.24. The third-order valence-corrected chi connectivity index (χ3v) is 5.23. The minimum Gasteiger partial charge on any atom is -0.340 e. The molecule has 134 valence electrons. The van der Waals surface area contributed by atoms with Crippen molar-refractivity contribution in [1.29, 1.82) is 0 Å². The van der Waals surface area contributed by atoms with Crippen LogP contribution in [0, 0.1) is 12.7 Å². The van der Waals surface area contributed by atoms with Gasteiger partial charge in [0.05, 0.1) is 16.8 Å². The summed E-state index contributed by atoms with van der Waals surface area (Å²) >= 11 is 5.99. The van der Waals surface area contributed by atoms with Crippen molar-refractivity contribution in [1.82, 2.24) is 4.98 Å². The summed E-state index contributed by atoms with van der Waals surface area (Å²) in [6, 6.07) is 13.3. The number of nitrogens with one attached hydrogen (secondary N) is 2. The normalized spacial score (nSPS) is 11.2. The van der Waals surface area contributed by atoms with Gasteiger partial charge in [-0.25, -0.2) is 17.8 Å². The Morgan fingerprint density at radius 3 is 2.42 bits per heavy atom. The fourth-order valence-corrected chi connectivity index (χ4v) is 3.44. The highest BCUT2D eigenvalue weighted by Gasteiger charge is 2.14. The molecule has 0 unspecified atom stereocenters. The molecule has 0 saturated carbocycles. The van der Waals surface area contributed by atoms with E-state index >= 15 is 0 Å². The summed E-state index contributed by atoms with van der Waals surface area (Å²) in [5, 5.41) is 3.73. The number of sulfonamides is 1. The average Bonchev–Trinajstić information content (AvgIpc) is 2.60. The molecule has 26 heavy (non-hydrogen) atoms. The van der Waals surface area contributed by atoms with Gasteiger partial charge in [-0.3, -0.25) is 4.72 Å².